The Kier molecular flexibility index (Phi) is 5.87. The van der Waals surface area contributed by atoms with Crippen LogP contribution in [0, 0.1) is 22.7 Å². The minimum absolute atomic E-state index is 0.0616. The number of hydrogen-bond acceptors (Lipinski definition) is 4. The minimum atomic E-state index is -0.357. The highest BCUT2D eigenvalue weighted by molar-refractivity contribution is 5.93. The smallest absolute Gasteiger partial charge is 0.164 e. The molecule has 5 rings (SSSR count). The molecule has 4 aliphatic rings. The number of carbonyl (C=O) groups excluding carboxylic acids is 2. The predicted molar refractivity (Wildman–Crippen MR) is 136 cm³/mol. The molecule has 0 aromatic heterocycles. The van der Waals surface area contributed by atoms with E-state index in [9.17, 15) is 9.59 Å². The summed E-state index contributed by atoms with van der Waals surface area (Å²) in [6, 6.07) is 9.03. The number of hydrogen-bond donors (Lipinski definition) is 0. The molecule has 34 heavy (non-hydrogen) atoms. The first kappa shape index (κ1) is 23.5. The number of allylic oxidation sites excluding steroid dienone is 4. The van der Waals surface area contributed by atoms with Gasteiger partial charge in [-0.05, 0) is 90.7 Å². The highest BCUT2D eigenvalue weighted by Crippen LogP contribution is 2.69. The molecule has 0 spiro atoms. The Hall–Kier alpha value is -2.20. The van der Waals surface area contributed by atoms with Gasteiger partial charge in [0.15, 0.2) is 11.6 Å². The number of methoxy groups -OCH3 is 1. The molecule has 2 fully saturated rings. The monoisotopic (exact) mass is 461 g/mol. The van der Waals surface area contributed by atoms with Gasteiger partial charge in [0.05, 0.1) is 0 Å². The van der Waals surface area contributed by atoms with Gasteiger partial charge in [0.1, 0.15) is 6.61 Å². The van der Waals surface area contributed by atoms with Crippen LogP contribution in [0.3, 0.4) is 0 Å². The second kappa shape index (κ2) is 8.48. The van der Waals surface area contributed by atoms with Crippen molar-refractivity contribution >= 4 is 17.3 Å². The summed E-state index contributed by atoms with van der Waals surface area (Å²) in [5.41, 5.74) is 6.48. The van der Waals surface area contributed by atoms with Gasteiger partial charge in [-0.25, -0.2) is 0 Å². The lowest BCUT2D eigenvalue weighted by Crippen LogP contribution is -2.50. The maximum Gasteiger partial charge on any atom is 0.164 e. The molecule has 0 aliphatic heterocycles. The summed E-state index contributed by atoms with van der Waals surface area (Å²) in [6.45, 7) is 4.82. The number of ether oxygens (including phenoxy) is 1. The largest absolute Gasteiger partial charge is 0.378 e. The van der Waals surface area contributed by atoms with E-state index in [-0.39, 0.29) is 29.0 Å². The van der Waals surface area contributed by atoms with Crippen LogP contribution in [-0.4, -0.2) is 39.4 Å². The Morgan fingerprint density at radius 2 is 1.82 bits per heavy atom. The lowest BCUT2D eigenvalue weighted by Gasteiger charge is -2.55. The van der Waals surface area contributed by atoms with Crippen LogP contribution in [0.2, 0.25) is 0 Å². The normalized spacial score (nSPS) is 34.8. The van der Waals surface area contributed by atoms with Gasteiger partial charge in [-0.2, -0.15) is 0 Å². The number of anilines is 1. The average Bonchev–Trinajstić information content (AvgIpc) is 3.10. The topological polar surface area (TPSA) is 46.6 Å². The van der Waals surface area contributed by atoms with Crippen molar-refractivity contribution < 1.29 is 14.3 Å². The molecule has 0 saturated heterocycles. The fourth-order valence-electron chi connectivity index (χ4n) is 7.96. The third-order valence-electron chi connectivity index (χ3n) is 10.0. The number of Topliss-reactive ketones (excluding diaryl/α,β-unsaturated/α-hetero) is 1. The Balaban J connectivity index is 1.65. The lowest BCUT2D eigenvalue weighted by molar-refractivity contribution is -0.140. The summed E-state index contributed by atoms with van der Waals surface area (Å²) >= 11 is 0. The van der Waals surface area contributed by atoms with E-state index in [0.717, 1.165) is 38.5 Å². The van der Waals surface area contributed by atoms with Gasteiger partial charge >= 0.3 is 0 Å². The first-order chi connectivity index (χ1) is 16.2. The second-order valence-corrected chi connectivity index (χ2v) is 11.7. The van der Waals surface area contributed by atoms with Gasteiger partial charge in [-0.15, -0.1) is 0 Å². The molecule has 1 aromatic rings. The van der Waals surface area contributed by atoms with Crippen molar-refractivity contribution in [2.45, 2.75) is 64.7 Å². The molecule has 182 valence electrons. The Morgan fingerprint density at radius 3 is 2.50 bits per heavy atom. The minimum Gasteiger partial charge on any atom is -0.378 e. The molecule has 5 atom stereocenters. The van der Waals surface area contributed by atoms with Crippen molar-refractivity contribution in [2.75, 3.05) is 32.7 Å². The summed E-state index contributed by atoms with van der Waals surface area (Å²) in [6.07, 6.45) is 8.58. The van der Waals surface area contributed by atoms with Crippen LogP contribution >= 0.6 is 0 Å². The van der Waals surface area contributed by atoms with Gasteiger partial charge < -0.3 is 9.64 Å². The Labute approximate surface area is 204 Å². The Bertz CT molecular complexity index is 1070. The van der Waals surface area contributed by atoms with Crippen LogP contribution in [0.5, 0.6) is 0 Å². The molecule has 0 bridgehead atoms. The van der Waals surface area contributed by atoms with Crippen molar-refractivity contribution in [1.82, 2.24) is 0 Å². The lowest BCUT2D eigenvalue weighted by atomic mass is 9.48. The van der Waals surface area contributed by atoms with E-state index in [1.54, 1.807) is 12.7 Å². The van der Waals surface area contributed by atoms with E-state index in [4.69, 9.17) is 4.74 Å². The molecule has 0 radical (unpaired) electrons. The highest BCUT2D eigenvalue weighted by atomic mass is 16.5. The summed E-state index contributed by atoms with van der Waals surface area (Å²) in [4.78, 5) is 27.8. The van der Waals surface area contributed by atoms with Gasteiger partial charge in [-0.3, -0.25) is 9.59 Å². The average molecular weight is 462 g/mol. The van der Waals surface area contributed by atoms with E-state index in [1.165, 1.54) is 22.4 Å². The van der Waals surface area contributed by atoms with Gasteiger partial charge in [0.2, 0.25) is 0 Å². The maximum atomic E-state index is 13.4. The number of carbonyl (C=O) groups is 2. The van der Waals surface area contributed by atoms with Crippen LogP contribution in [0.1, 0.15) is 70.3 Å². The van der Waals surface area contributed by atoms with E-state index >= 15 is 0 Å². The number of nitrogens with zero attached hydrogens (tertiary/aromatic N) is 1. The number of fused-ring (bicyclic) bond motifs is 4. The quantitative estimate of drug-likeness (QED) is 0.550. The van der Waals surface area contributed by atoms with Gasteiger partial charge in [-0.1, -0.05) is 31.6 Å². The standard InChI is InChI=1S/C30H39NO3/c1-29(27(33)18-34-5)15-14-26-24-12-8-20-16-22(32)11-13-23(20)28(24)25(17-30(26,29)2)19-6-9-21(10-7-19)31(3)4/h6-7,9-10,16,24-26H,8,11-15,17-18H2,1-5H3/t24?,25?,26?,29-,30+/m1/s1. The van der Waals surface area contributed by atoms with Crippen LogP contribution in [0.25, 0.3) is 0 Å². The maximum absolute atomic E-state index is 13.4. The van der Waals surface area contributed by atoms with E-state index in [1.807, 2.05) is 6.08 Å². The molecule has 2 saturated carbocycles. The summed E-state index contributed by atoms with van der Waals surface area (Å²) in [7, 11) is 5.78. The zero-order valence-electron chi connectivity index (χ0n) is 21.4. The molecule has 0 heterocycles. The highest BCUT2D eigenvalue weighted by Gasteiger charge is 2.63. The van der Waals surface area contributed by atoms with Crippen LogP contribution < -0.4 is 4.90 Å². The van der Waals surface area contributed by atoms with Crippen molar-refractivity contribution in [3.63, 3.8) is 0 Å². The SMILES string of the molecule is COCC(=O)[C@@]1(C)CCC2C3CCC4=CC(=O)CCC4=C3C(c3ccc(N(C)C)cc3)C[C@@]21C. The van der Waals surface area contributed by atoms with Crippen LogP contribution in [0.4, 0.5) is 5.69 Å². The van der Waals surface area contributed by atoms with E-state index in [2.05, 4.69) is 57.1 Å². The van der Waals surface area contributed by atoms with Crippen LogP contribution in [0.15, 0.2) is 47.1 Å². The van der Waals surface area contributed by atoms with Crippen molar-refractivity contribution in [1.29, 1.82) is 0 Å². The van der Waals surface area contributed by atoms with E-state index < -0.39 is 0 Å². The molecule has 4 heteroatoms. The molecular formula is C30H39NO3. The Morgan fingerprint density at radius 1 is 1.09 bits per heavy atom. The molecule has 0 N–H and O–H groups in total. The van der Waals surface area contributed by atoms with Crippen molar-refractivity contribution in [3.05, 3.63) is 52.6 Å². The predicted octanol–water partition coefficient (Wildman–Crippen LogP) is 5.87. The third-order valence-corrected chi connectivity index (χ3v) is 10.0. The molecule has 4 aliphatic carbocycles. The second-order valence-electron chi connectivity index (χ2n) is 11.7. The first-order valence-corrected chi connectivity index (χ1v) is 13.0. The first-order valence-electron chi connectivity index (χ1n) is 13.0. The summed E-state index contributed by atoms with van der Waals surface area (Å²) in [5.74, 6) is 1.84. The zero-order valence-corrected chi connectivity index (χ0v) is 21.4. The van der Waals surface area contributed by atoms with Crippen molar-refractivity contribution in [2.24, 2.45) is 22.7 Å². The van der Waals surface area contributed by atoms with E-state index in [0.29, 0.717) is 24.2 Å². The van der Waals surface area contributed by atoms with Crippen molar-refractivity contribution in [3.8, 4) is 0 Å². The van der Waals surface area contributed by atoms with Gasteiger partial charge in [0.25, 0.3) is 0 Å². The van der Waals surface area contributed by atoms with Gasteiger partial charge in [0, 0.05) is 44.6 Å². The number of ketones is 2. The molecular weight excluding hydrogens is 422 g/mol. The molecule has 0 amide bonds. The number of benzene rings is 1. The number of rotatable bonds is 5. The molecule has 1 aromatic carbocycles. The zero-order chi connectivity index (χ0) is 24.3. The summed E-state index contributed by atoms with van der Waals surface area (Å²) in [5, 5.41) is 0. The van der Waals surface area contributed by atoms with Crippen LogP contribution in [-0.2, 0) is 14.3 Å². The molecule has 4 nitrogen and oxygen atoms in total. The fraction of sp³-hybridized carbons (Fsp3) is 0.600. The third kappa shape index (κ3) is 3.44. The molecule has 3 unspecified atom stereocenters. The fourth-order valence-corrected chi connectivity index (χ4v) is 7.96. The summed E-state index contributed by atoms with van der Waals surface area (Å²) < 4.78 is 5.34.